The second-order valence-electron chi connectivity index (χ2n) is 6.41. The van der Waals surface area contributed by atoms with Gasteiger partial charge in [-0.2, -0.15) is 0 Å². The van der Waals surface area contributed by atoms with Crippen molar-refractivity contribution in [2.24, 2.45) is 5.92 Å². The van der Waals surface area contributed by atoms with Crippen LogP contribution in [0.3, 0.4) is 0 Å². The van der Waals surface area contributed by atoms with Crippen LogP contribution in [0.2, 0.25) is 0 Å². The van der Waals surface area contributed by atoms with Gasteiger partial charge in [-0.25, -0.2) is 0 Å². The zero-order valence-electron chi connectivity index (χ0n) is 15.2. The number of nitrogens with zero attached hydrogens (tertiary/aromatic N) is 1. The molecule has 6 nitrogen and oxygen atoms in total. The Kier molecular flexibility index (Phi) is 5.83. The number of hydrogen-bond donors (Lipinski definition) is 1. The molecule has 0 spiro atoms. The van der Waals surface area contributed by atoms with E-state index in [9.17, 15) is 9.90 Å². The van der Waals surface area contributed by atoms with Crippen LogP contribution in [0.4, 0.5) is 0 Å². The molecule has 3 rings (SSSR count). The SMILES string of the molecule is CCOc1cc(C(c2ccco2)N2CCC(C(=O)O)CC2)ccc1OC. The molecule has 1 aliphatic rings. The molecule has 140 valence electrons. The van der Waals surface area contributed by atoms with E-state index in [1.807, 2.05) is 37.3 Å². The molecule has 1 aromatic carbocycles. The van der Waals surface area contributed by atoms with E-state index in [2.05, 4.69) is 4.90 Å². The lowest BCUT2D eigenvalue weighted by molar-refractivity contribution is -0.143. The zero-order valence-corrected chi connectivity index (χ0v) is 15.2. The number of furan rings is 1. The molecule has 1 atom stereocenters. The number of carbonyl (C=O) groups is 1. The summed E-state index contributed by atoms with van der Waals surface area (Å²) in [5.74, 6) is 1.26. The van der Waals surface area contributed by atoms with Crippen LogP contribution in [0.1, 0.15) is 37.1 Å². The van der Waals surface area contributed by atoms with Gasteiger partial charge in [0.1, 0.15) is 5.76 Å². The van der Waals surface area contributed by atoms with Crippen LogP contribution in [0, 0.1) is 5.92 Å². The van der Waals surface area contributed by atoms with E-state index in [4.69, 9.17) is 13.9 Å². The van der Waals surface area contributed by atoms with Crippen LogP contribution in [-0.4, -0.2) is 42.8 Å². The van der Waals surface area contributed by atoms with Gasteiger partial charge in [0.2, 0.25) is 0 Å². The highest BCUT2D eigenvalue weighted by atomic mass is 16.5. The third-order valence-corrected chi connectivity index (χ3v) is 4.86. The Hall–Kier alpha value is -2.47. The molecular formula is C20H25NO5. The molecule has 1 N–H and O–H groups in total. The van der Waals surface area contributed by atoms with Gasteiger partial charge in [-0.15, -0.1) is 0 Å². The predicted octanol–water partition coefficient (Wildman–Crippen LogP) is 3.57. The highest BCUT2D eigenvalue weighted by molar-refractivity contribution is 5.70. The number of rotatable bonds is 7. The Labute approximate surface area is 153 Å². The fourth-order valence-electron chi connectivity index (χ4n) is 3.54. The number of methoxy groups -OCH3 is 1. The minimum atomic E-state index is -0.706. The summed E-state index contributed by atoms with van der Waals surface area (Å²) in [5, 5.41) is 9.25. The molecule has 1 aliphatic heterocycles. The van der Waals surface area contributed by atoms with Crippen LogP contribution >= 0.6 is 0 Å². The third-order valence-electron chi connectivity index (χ3n) is 4.86. The summed E-state index contributed by atoms with van der Waals surface area (Å²) >= 11 is 0. The average Bonchev–Trinajstić information content (AvgIpc) is 3.17. The van der Waals surface area contributed by atoms with Crippen molar-refractivity contribution in [1.82, 2.24) is 4.90 Å². The maximum absolute atomic E-state index is 11.2. The molecule has 1 saturated heterocycles. The number of carboxylic acid groups (broad SMARTS) is 1. The van der Waals surface area contributed by atoms with Crippen molar-refractivity contribution in [2.75, 3.05) is 26.8 Å². The summed E-state index contributed by atoms with van der Waals surface area (Å²) in [5.41, 5.74) is 1.04. The normalized spacial score (nSPS) is 17.0. The first-order chi connectivity index (χ1) is 12.6. The summed E-state index contributed by atoms with van der Waals surface area (Å²) in [6, 6.07) is 9.65. The standard InChI is InChI=1S/C20H25NO5/c1-3-25-18-13-15(6-7-16(18)24-2)19(17-5-4-12-26-17)21-10-8-14(9-11-21)20(22)23/h4-7,12-14,19H,3,8-11H2,1-2H3,(H,22,23). The van der Waals surface area contributed by atoms with Gasteiger partial charge < -0.3 is 19.0 Å². The molecule has 0 amide bonds. The van der Waals surface area contributed by atoms with Gasteiger partial charge in [0.15, 0.2) is 11.5 Å². The Bertz CT molecular complexity index is 720. The van der Waals surface area contributed by atoms with Crippen LogP contribution in [-0.2, 0) is 4.79 Å². The van der Waals surface area contributed by atoms with Crippen molar-refractivity contribution in [3.8, 4) is 11.5 Å². The van der Waals surface area contributed by atoms with E-state index < -0.39 is 5.97 Å². The number of likely N-dealkylation sites (tertiary alicyclic amines) is 1. The Balaban J connectivity index is 1.91. The fraction of sp³-hybridized carbons (Fsp3) is 0.450. The predicted molar refractivity (Wildman–Crippen MR) is 96.6 cm³/mol. The highest BCUT2D eigenvalue weighted by Crippen LogP contribution is 2.37. The average molecular weight is 359 g/mol. The van der Waals surface area contributed by atoms with Crippen molar-refractivity contribution < 1.29 is 23.8 Å². The lowest BCUT2D eigenvalue weighted by Gasteiger charge is -2.36. The monoisotopic (exact) mass is 359 g/mol. The second kappa shape index (κ2) is 8.27. The minimum Gasteiger partial charge on any atom is -0.493 e. The largest absolute Gasteiger partial charge is 0.493 e. The molecule has 1 fully saturated rings. The minimum absolute atomic E-state index is 0.0788. The van der Waals surface area contributed by atoms with Gasteiger partial charge in [-0.3, -0.25) is 9.69 Å². The molecular weight excluding hydrogens is 334 g/mol. The van der Waals surface area contributed by atoms with Gasteiger partial charge >= 0.3 is 5.97 Å². The number of piperidine rings is 1. The maximum atomic E-state index is 11.2. The van der Waals surface area contributed by atoms with E-state index in [1.165, 1.54) is 0 Å². The van der Waals surface area contributed by atoms with E-state index in [0.29, 0.717) is 44.0 Å². The summed E-state index contributed by atoms with van der Waals surface area (Å²) < 4.78 is 16.8. The molecule has 0 bridgehead atoms. The van der Waals surface area contributed by atoms with E-state index in [1.54, 1.807) is 13.4 Å². The van der Waals surface area contributed by atoms with Crippen LogP contribution < -0.4 is 9.47 Å². The molecule has 6 heteroatoms. The number of aliphatic carboxylic acids is 1. The lowest BCUT2D eigenvalue weighted by atomic mass is 9.93. The molecule has 0 saturated carbocycles. The van der Waals surface area contributed by atoms with Crippen molar-refractivity contribution >= 4 is 5.97 Å². The second-order valence-corrected chi connectivity index (χ2v) is 6.41. The summed E-state index contributed by atoms with van der Waals surface area (Å²) in [6.07, 6.45) is 2.95. The highest BCUT2D eigenvalue weighted by Gasteiger charge is 2.31. The molecule has 2 aromatic rings. The van der Waals surface area contributed by atoms with E-state index >= 15 is 0 Å². The smallest absolute Gasteiger partial charge is 0.306 e. The van der Waals surface area contributed by atoms with E-state index in [-0.39, 0.29) is 12.0 Å². The summed E-state index contributed by atoms with van der Waals surface area (Å²) in [6.45, 7) is 3.90. The van der Waals surface area contributed by atoms with Gasteiger partial charge in [-0.1, -0.05) is 6.07 Å². The molecule has 1 aromatic heterocycles. The molecule has 2 heterocycles. The third kappa shape index (κ3) is 3.85. The maximum Gasteiger partial charge on any atom is 0.306 e. The van der Waals surface area contributed by atoms with Crippen LogP contribution in [0.15, 0.2) is 41.0 Å². The van der Waals surface area contributed by atoms with E-state index in [0.717, 1.165) is 11.3 Å². The Morgan fingerprint density at radius 3 is 2.65 bits per heavy atom. The summed E-state index contributed by atoms with van der Waals surface area (Å²) in [7, 11) is 1.62. The topological polar surface area (TPSA) is 72.1 Å². The van der Waals surface area contributed by atoms with Crippen LogP contribution in [0.25, 0.3) is 0 Å². The Morgan fingerprint density at radius 1 is 1.31 bits per heavy atom. The first-order valence-electron chi connectivity index (χ1n) is 8.95. The van der Waals surface area contributed by atoms with Crippen molar-refractivity contribution in [3.63, 3.8) is 0 Å². The van der Waals surface area contributed by atoms with Gasteiger partial charge in [0.05, 0.1) is 31.9 Å². The van der Waals surface area contributed by atoms with Crippen LogP contribution in [0.5, 0.6) is 11.5 Å². The van der Waals surface area contributed by atoms with Gasteiger partial charge in [0, 0.05) is 0 Å². The molecule has 1 unspecified atom stereocenters. The number of ether oxygens (including phenoxy) is 2. The van der Waals surface area contributed by atoms with Gasteiger partial charge in [0.25, 0.3) is 0 Å². The first kappa shape index (κ1) is 18.3. The molecule has 0 aliphatic carbocycles. The number of carboxylic acids is 1. The number of benzene rings is 1. The van der Waals surface area contributed by atoms with Gasteiger partial charge in [-0.05, 0) is 62.7 Å². The zero-order chi connectivity index (χ0) is 18.5. The summed E-state index contributed by atoms with van der Waals surface area (Å²) in [4.78, 5) is 13.5. The number of hydrogen-bond acceptors (Lipinski definition) is 5. The first-order valence-corrected chi connectivity index (χ1v) is 8.95. The van der Waals surface area contributed by atoms with Crippen molar-refractivity contribution in [2.45, 2.75) is 25.8 Å². The Morgan fingerprint density at radius 2 is 2.08 bits per heavy atom. The lowest BCUT2D eigenvalue weighted by Crippen LogP contribution is -2.39. The van der Waals surface area contributed by atoms with Crippen molar-refractivity contribution in [3.05, 3.63) is 47.9 Å². The molecule has 0 radical (unpaired) electrons. The van der Waals surface area contributed by atoms with Crippen molar-refractivity contribution in [1.29, 1.82) is 0 Å². The molecule has 26 heavy (non-hydrogen) atoms. The fourth-order valence-corrected chi connectivity index (χ4v) is 3.54. The quantitative estimate of drug-likeness (QED) is 0.815.